The zero-order valence-electron chi connectivity index (χ0n) is 8.54. The molecule has 0 aliphatic carbocycles. The predicted molar refractivity (Wildman–Crippen MR) is 77.3 cm³/mol. The lowest BCUT2D eigenvalue weighted by Crippen LogP contribution is -2.18. The van der Waals surface area contributed by atoms with Crippen molar-refractivity contribution < 1.29 is 0 Å². The third-order valence-corrected chi connectivity index (χ3v) is 5.48. The largest absolute Gasteiger partial charge is 0.313 e. The van der Waals surface area contributed by atoms with Crippen LogP contribution in [0.2, 0.25) is 0 Å². The molecule has 0 saturated heterocycles. The van der Waals surface area contributed by atoms with E-state index in [2.05, 4.69) is 48.2 Å². The van der Waals surface area contributed by atoms with Crippen molar-refractivity contribution in [1.82, 2.24) is 10.3 Å². The zero-order valence-corrected chi connectivity index (χ0v) is 13.3. The standard InChI is InChI=1S/C10H10Br2N2S2/c1-13-8(2-6-4-14-5-15-6)7-3-9(11)16-10(7)12/h3-5,8,13H,2H2,1H3. The van der Waals surface area contributed by atoms with Crippen molar-refractivity contribution in [2.45, 2.75) is 12.5 Å². The number of nitrogens with one attached hydrogen (secondary N) is 1. The molecule has 2 nitrogen and oxygen atoms in total. The van der Waals surface area contributed by atoms with Gasteiger partial charge in [-0.15, -0.1) is 22.7 Å². The van der Waals surface area contributed by atoms with Crippen LogP contribution >= 0.6 is 54.5 Å². The van der Waals surface area contributed by atoms with Crippen molar-refractivity contribution in [1.29, 1.82) is 0 Å². The van der Waals surface area contributed by atoms with Crippen LogP contribution in [0.5, 0.6) is 0 Å². The van der Waals surface area contributed by atoms with Gasteiger partial charge in [0.25, 0.3) is 0 Å². The Morgan fingerprint density at radius 2 is 2.31 bits per heavy atom. The molecule has 1 atom stereocenters. The SMILES string of the molecule is CNC(Cc1cncs1)c1cc(Br)sc1Br. The smallest absolute Gasteiger partial charge is 0.0794 e. The maximum absolute atomic E-state index is 4.10. The summed E-state index contributed by atoms with van der Waals surface area (Å²) >= 11 is 10.5. The second-order valence-corrected chi connectivity index (χ2v) is 8.01. The molecular formula is C10H10Br2N2S2. The van der Waals surface area contributed by atoms with Gasteiger partial charge in [-0.05, 0) is 50.5 Å². The molecule has 2 aromatic heterocycles. The number of rotatable bonds is 4. The van der Waals surface area contributed by atoms with Crippen molar-refractivity contribution in [3.63, 3.8) is 0 Å². The van der Waals surface area contributed by atoms with Gasteiger partial charge in [0.15, 0.2) is 0 Å². The summed E-state index contributed by atoms with van der Waals surface area (Å²) in [5.74, 6) is 0. The Balaban J connectivity index is 2.19. The summed E-state index contributed by atoms with van der Waals surface area (Å²) in [7, 11) is 1.99. The normalized spacial score (nSPS) is 12.9. The first-order chi connectivity index (χ1) is 7.70. The molecule has 0 radical (unpaired) electrons. The number of nitrogens with zero attached hydrogens (tertiary/aromatic N) is 1. The number of hydrogen-bond acceptors (Lipinski definition) is 4. The van der Waals surface area contributed by atoms with E-state index in [0.717, 1.165) is 10.2 Å². The minimum Gasteiger partial charge on any atom is -0.313 e. The lowest BCUT2D eigenvalue weighted by atomic mass is 10.1. The Morgan fingerprint density at radius 3 is 2.81 bits per heavy atom. The number of halogens is 2. The highest BCUT2D eigenvalue weighted by Gasteiger charge is 2.16. The lowest BCUT2D eigenvalue weighted by molar-refractivity contribution is 0.596. The molecule has 0 saturated carbocycles. The van der Waals surface area contributed by atoms with Gasteiger partial charge >= 0.3 is 0 Å². The minimum atomic E-state index is 0.331. The fraction of sp³-hybridized carbons (Fsp3) is 0.300. The molecule has 2 heterocycles. The Labute approximate surface area is 119 Å². The van der Waals surface area contributed by atoms with Gasteiger partial charge in [-0.2, -0.15) is 0 Å². The third-order valence-electron chi connectivity index (χ3n) is 2.30. The van der Waals surface area contributed by atoms with E-state index < -0.39 is 0 Å². The van der Waals surface area contributed by atoms with E-state index in [1.807, 2.05) is 18.8 Å². The van der Waals surface area contributed by atoms with Crippen LogP contribution < -0.4 is 5.32 Å². The van der Waals surface area contributed by atoms with Crippen LogP contribution in [0.25, 0.3) is 0 Å². The Kier molecular flexibility index (Phi) is 4.55. The predicted octanol–water partition coefficient (Wildman–Crippen LogP) is 4.23. The maximum Gasteiger partial charge on any atom is 0.0794 e. The molecule has 6 heteroatoms. The molecule has 0 aromatic carbocycles. The number of aromatic nitrogens is 1. The van der Waals surface area contributed by atoms with E-state index in [1.165, 1.54) is 14.2 Å². The summed E-state index contributed by atoms with van der Waals surface area (Å²) in [6, 6.07) is 2.49. The zero-order chi connectivity index (χ0) is 11.5. The number of thiophene rings is 1. The van der Waals surface area contributed by atoms with Gasteiger partial charge < -0.3 is 5.32 Å². The number of likely N-dealkylation sites (N-methyl/N-ethyl adjacent to an activating group) is 1. The maximum atomic E-state index is 4.10. The first-order valence-corrected chi connectivity index (χ1v) is 7.98. The van der Waals surface area contributed by atoms with E-state index >= 15 is 0 Å². The Hall–Kier alpha value is 0.250. The van der Waals surface area contributed by atoms with Crippen LogP contribution in [-0.2, 0) is 6.42 Å². The fourth-order valence-electron chi connectivity index (χ4n) is 1.50. The molecule has 0 aliphatic rings. The van der Waals surface area contributed by atoms with Crippen molar-refractivity contribution in [3.8, 4) is 0 Å². The molecular weight excluding hydrogens is 372 g/mol. The Bertz CT molecular complexity index is 453. The quantitative estimate of drug-likeness (QED) is 0.856. The monoisotopic (exact) mass is 380 g/mol. The summed E-state index contributed by atoms with van der Waals surface area (Å²) in [4.78, 5) is 5.40. The molecule has 0 bridgehead atoms. The van der Waals surface area contributed by atoms with Crippen molar-refractivity contribution in [3.05, 3.63) is 35.8 Å². The van der Waals surface area contributed by atoms with E-state index in [4.69, 9.17) is 0 Å². The van der Waals surface area contributed by atoms with Crippen LogP contribution in [0.1, 0.15) is 16.5 Å². The van der Waals surface area contributed by atoms with E-state index in [9.17, 15) is 0 Å². The van der Waals surface area contributed by atoms with Gasteiger partial charge in [-0.3, -0.25) is 4.98 Å². The number of thiazole rings is 1. The molecule has 1 unspecified atom stereocenters. The molecule has 16 heavy (non-hydrogen) atoms. The van der Waals surface area contributed by atoms with Crippen molar-refractivity contribution in [2.24, 2.45) is 0 Å². The lowest BCUT2D eigenvalue weighted by Gasteiger charge is -2.14. The van der Waals surface area contributed by atoms with Gasteiger partial charge in [0.1, 0.15) is 0 Å². The van der Waals surface area contributed by atoms with Gasteiger partial charge in [0, 0.05) is 23.5 Å². The molecule has 0 fully saturated rings. The third kappa shape index (κ3) is 2.92. The van der Waals surface area contributed by atoms with Crippen molar-refractivity contribution in [2.75, 3.05) is 7.05 Å². The minimum absolute atomic E-state index is 0.331. The highest BCUT2D eigenvalue weighted by molar-refractivity contribution is 9.12. The summed E-state index contributed by atoms with van der Waals surface area (Å²) < 4.78 is 2.34. The summed E-state index contributed by atoms with van der Waals surface area (Å²) in [5, 5.41) is 3.35. The summed E-state index contributed by atoms with van der Waals surface area (Å²) in [5.41, 5.74) is 3.17. The first kappa shape index (κ1) is 12.7. The first-order valence-electron chi connectivity index (χ1n) is 4.70. The second kappa shape index (κ2) is 5.73. The molecule has 2 aromatic rings. The molecule has 86 valence electrons. The van der Waals surface area contributed by atoms with Crippen LogP contribution in [0.15, 0.2) is 25.3 Å². The summed E-state index contributed by atoms with van der Waals surface area (Å²) in [6.07, 6.45) is 2.91. The molecule has 0 aliphatic heterocycles. The fourth-order valence-corrected chi connectivity index (χ4v) is 5.12. The van der Waals surface area contributed by atoms with Gasteiger partial charge in [0.2, 0.25) is 0 Å². The van der Waals surface area contributed by atoms with Gasteiger partial charge in [-0.1, -0.05) is 0 Å². The average molecular weight is 382 g/mol. The van der Waals surface area contributed by atoms with Crippen LogP contribution in [0.4, 0.5) is 0 Å². The summed E-state index contributed by atoms with van der Waals surface area (Å²) in [6.45, 7) is 0. The van der Waals surface area contributed by atoms with E-state index in [0.29, 0.717) is 6.04 Å². The van der Waals surface area contributed by atoms with Gasteiger partial charge in [-0.25, -0.2) is 0 Å². The molecule has 2 rings (SSSR count). The van der Waals surface area contributed by atoms with E-state index in [-0.39, 0.29) is 0 Å². The Morgan fingerprint density at radius 1 is 1.50 bits per heavy atom. The topological polar surface area (TPSA) is 24.9 Å². The van der Waals surface area contributed by atoms with E-state index in [1.54, 1.807) is 22.7 Å². The van der Waals surface area contributed by atoms with Crippen molar-refractivity contribution >= 4 is 54.5 Å². The number of hydrogen-bond donors (Lipinski definition) is 1. The van der Waals surface area contributed by atoms with Crippen LogP contribution in [0, 0.1) is 0 Å². The second-order valence-electron chi connectivity index (χ2n) is 3.29. The average Bonchev–Trinajstić information content (AvgIpc) is 2.85. The molecule has 1 N–H and O–H groups in total. The van der Waals surface area contributed by atoms with Crippen LogP contribution in [0.3, 0.4) is 0 Å². The van der Waals surface area contributed by atoms with Crippen LogP contribution in [-0.4, -0.2) is 12.0 Å². The van der Waals surface area contributed by atoms with Gasteiger partial charge in [0.05, 0.1) is 13.1 Å². The molecule has 0 amide bonds. The highest BCUT2D eigenvalue weighted by Crippen LogP contribution is 2.36. The highest BCUT2D eigenvalue weighted by atomic mass is 79.9. The molecule has 0 spiro atoms.